The molecule has 1 saturated carbocycles. The lowest BCUT2D eigenvalue weighted by atomic mass is 9.68. The number of urea groups is 1. The van der Waals surface area contributed by atoms with Crippen molar-refractivity contribution in [1.29, 1.82) is 0 Å². The topological polar surface area (TPSA) is 73.0 Å². The molecule has 2 atom stereocenters. The van der Waals surface area contributed by atoms with Gasteiger partial charge >= 0.3 is 6.03 Å². The van der Waals surface area contributed by atoms with Gasteiger partial charge in [-0.05, 0) is 52.1 Å². The van der Waals surface area contributed by atoms with Gasteiger partial charge in [0.1, 0.15) is 12.2 Å². The molecule has 3 aliphatic rings. The summed E-state index contributed by atoms with van der Waals surface area (Å²) in [5, 5.41) is 5.40. The minimum absolute atomic E-state index is 0.00575. The number of piperazine rings is 1. The molecule has 2 aliphatic heterocycles. The van der Waals surface area contributed by atoms with Crippen LogP contribution in [0.3, 0.4) is 0 Å². The Labute approximate surface area is 322 Å². The molecule has 1 N–H and O–H groups in total. The van der Waals surface area contributed by atoms with E-state index in [4.69, 9.17) is 0 Å². The van der Waals surface area contributed by atoms with Crippen LogP contribution in [0.4, 0.5) is 4.79 Å². The molecule has 3 fully saturated rings. The second-order valence-corrected chi connectivity index (χ2v) is 16.0. The number of carbonyl (C=O) groups excluding carboxylic acids is 3. The second kappa shape index (κ2) is 18.1. The summed E-state index contributed by atoms with van der Waals surface area (Å²) in [6.45, 7) is 1.43. The lowest BCUT2D eigenvalue weighted by Crippen LogP contribution is -2.72. The number of nitrogens with one attached hydrogen (secondary N) is 1. The molecule has 0 unspecified atom stereocenters. The van der Waals surface area contributed by atoms with Crippen LogP contribution in [0.15, 0.2) is 103 Å². The van der Waals surface area contributed by atoms with Crippen LogP contribution in [-0.4, -0.2) is 57.8 Å². The van der Waals surface area contributed by atoms with Crippen LogP contribution in [0.2, 0.25) is 0 Å². The lowest BCUT2D eigenvalue weighted by molar-refractivity contribution is -0.168. The van der Waals surface area contributed by atoms with Crippen LogP contribution in [0.25, 0.3) is 10.8 Å². The molecule has 4 aromatic rings. The van der Waals surface area contributed by atoms with Gasteiger partial charge in [0.2, 0.25) is 11.8 Å². The summed E-state index contributed by atoms with van der Waals surface area (Å²) in [5.41, 5.74) is 3.10. The van der Waals surface area contributed by atoms with E-state index in [1.54, 1.807) is 0 Å². The molecule has 2 heterocycles. The van der Waals surface area contributed by atoms with Gasteiger partial charge in [-0.3, -0.25) is 9.59 Å². The van der Waals surface area contributed by atoms with Crippen molar-refractivity contribution in [2.75, 3.05) is 13.1 Å². The van der Waals surface area contributed by atoms with Gasteiger partial charge in [0.05, 0.1) is 6.54 Å². The fourth-order valence-corrected chi connectivity index (χ4v) is 9.49. The number of rotatable bonds is 7. The van der Waals surface area contributed by atoms with Crippen LogP contribution in [0.1, 0.15) is 113 Å². The van der Waals surface area contributed by atoms with E-state index in [2.05, 4.69) is 66.0 Å². The van der Waals surface area contributed by atoms with Crippen LogP contribution in [-0.2, 0) is 28.1 Å². The quantitative estimate of drug-likeness (QED) is 0.206. The van der Waals surface area contributed by atoms with E-state index in [9.17, 15) is 9.59 Å². The molecule has 7 heteroatoms. The Bertz CT molecular complexity index is 1830. The van der Waals surface area contributed by atoms with Crippen molar-refractivity contribution in [3.63, 3.8) is 0 Å². The summed E-state index contributed by atoms with van der Waals surface area (Å²) in [4.78, 5) is 49.1. The van der Waals surface area contributed by atoms with Gasteiger partial charge in [-0.2, -0.15) is 0 Å². The molecular formula is C47H58N4O3. The Morgan fingerprint density at radius 1 is 0.685 bits per heavy atom. The van der Waals surface area contributed by atoms with Crippen molar-refractivity contribution in [3.8, 4) is 0 Å². The maximum absolute atomic E-state index is 15.2. The fraction of sp³-hybridized carbons (Fsp3) is 0.468. The van der Waals surface area contributed by atoms with Crippen LogP contribution >= 0.6 is 0 Å². The van der Waals surface area contributed by atoms with E-state index in [0.29, 0.717) is 26.1 Å². The van der Waals surface area contributed by atoms with Gasteiger partial charge in [0.15, 0.2) is 0 Å². The first-order valence-corrected chi connectivity index (χ1v) is 20.7. The van der Waals surface area contributed by atoms with Gasteiger partial charge in [-0.15, -0.1) is 0 Å². The average Bonchev–Trinajstić information content (AvgIpc) is 3.20. The summed E-state index contributed by atoms with van der Waals surface area (Å²) in [6.07, 6.45) is 15.8. The van der Waals surface area contributed by atoms with Crippen molar-refractivity contribution in [3.05, 3.63) is 120 Å². The smallest absolute Gasteiger partial charge is 0.319 e. The highest BCUT2D eigenvalue weighted by molar-refractivity contribution is 5.92. The number of benzene rings is 4. The van der Waals surface area contributed by atoms with E-state index < -0.39 is 12.2 Å². The Hall–Kier alpha value is -4.65. The Kier molecular flexibility index (Phi) is 12.6. The third-order valence-corrected chi connectivity index (χ3v) is 12.4. The highest BCUT2D eigenvalue weighted by Crippen LogP contribution is 2.43. The zero-order valence-electron chi connectivity index (χ0n) is 32.0. The van der Waals surface area contributed by atoms with Gasteiger partial charge < -0.3 is 20.0 Å². The fourth-order valence-electron chi connectivity index (χ4n) is 9.49. The molecule has 0 aromatic heterocycles. The lowest BCUT2D eigenvalue weighted by Gasteiger charge is -2.54. The number of nitrogens with zero attached hydrogens (tertiary/aromatic N) is 3. The van der Waals surface area contributed by atoms with E-state index >= 15 is 4.79 Å². The molecule has 4 amide bonds. The SMILES string of the molecule is O=C1[C@H](CC2(c3ccccc3)CCCCCCCCCCCCC2)N2C(=O)CCN(C(=O)NCc3ccccc3)[C@H]2CN1Cc1cccc2ccccc12. The van der Waals surface area contributed by atoms with Gasteiger partial charge in [0.25, 0.3) is 0 Å². The highest BCUT2D eigenvalue weighted by atomic mass is 16.2. The average molecular weight is 727 g/mol. The molecule has 2 saturated heterocycles. The maximum atomic E-state index is 15.2. The third-order valence-electron chi connectivity index (χ3n) is 12.4. The Morgan fingerprint density at radius 3 is 1.96 bits per heavy atom. The predicted molar refractivity (Wildman–Crippen MR) is 217 cm³/mol. The summed E-state index contributed by atoms with van der Waals surface area (Å²) < 4.78 is 0. The predicted octanol–water partition coefficient (Wildman–Crippen LogP) is 9.73. The molecule has 7 nitrogen and oxygen atoms in total. The normalized spacial score (nSPS) is 21.7. The minimum Gasteiger partial charge on any atom is -0.334 e. The first kappa shape index (κ1) is 37.7. The summed E-state index contributed by atoms with van der Waals surface area (Å²) >= 11 is 0. The number of fused-ring (bicyclic) bond motifs is 2. The number of carbonyl (C=O) groups is 3. The monoisotopic (exact) mass is 726 g/mol. The Morgan fingerprint density at radius 2 is 1.28 bits per heavy atom. The molecule has 284 valence electrons. The number of amides is 4. The van der Waals surface area contributed by atoms with Crippen molar-refractivity contribution >= 4 is 28.6 Å². The molecule has 0 bridgehead atoms. The standard InChI is InChI=1S/C47H58N4O3/c52-44-29-32-50(46(54)48-34-37-21-12-10-13-22-37)43-36-49(35-39-25-20-24-38-23-16-17-28-41(38)39)45(53)42(51(43)44)33-47(40-26-14-11-15-27-40)30-18-8-6-4-2-1-3-5-7-9-19-31-47/h10-17,20-28,42-43H,1-9,18-19,29-36H2,(H,48,54)/t42-,43+/m0/s1. The molecular weight excluding hydrogens is 669 g/mol. The van der Waals surface area contributed by atoms with E-state index in [1.165, 1.54) is 63.4 Å². The van der Waals surface area contributed by atoms with E-state index in [0.717, 1.165) is 47.6 Å². The van der Waals surface area contributed by atoms with Crippen molar-refractivity contribution < 1.29 is 14.4 Å². The second-order valence-electron chi connectivity index (χ2n) is 16.0. The minimum atomic E-state index is -0.671. The summed E-state index contributed by atoms with van der Waals surface area (Å²) in [7, 11) is 0. The van der Waals surface area contributed by atoms with Crippen LogP contribution in [0.5, 0.6) is 0 Å². The van der Waals surface area contributed by atoms with Gasteiger partial charge in [-0.1, -0.05) is 174 Å². The summed E-state index contributed by atoms with van der Waals surface area (Å²) in [6, 6.07) is 34.5. The molecule has 0 radical (unpaired) electrons. The van der Waals surface area contributed by atoms with Gasteiger partial charge in [-0.25, -0.2) is 4.79 Å². The van der Waals surface area contributed by atoms with Crippen molar-refractivity contribution in [2.45, 2.75) is 127 Å². The zero-order valence-corrected chi connectivity index (χ0v) is 32.0. The van der Waals surface area contributed by atoms with Crippen LogP contribution < -0.4 is 5.32 Å². The zero-order chi connectivity index (χ0) is 37.2. The van der Waals surface area contributed by atoms with Crippen molar-refractivity contribution in [1.82, 2.24) is 20.0 Å². The molecule has 4 aromatic carbocycles. The van der Waals surface area contributed by atoms with E-state index in [-0.39, 0.29) is 36.2 Å². The van der Waals surface area contributed by atoms with Crippen molar-refractivity contribution in [2.24, 2.45) is 0 Å². The summed E-state index contributed by atoms with van der Waals surface area (Å²) in [5.74, 6) is -0.0341. The first-order valence-electron chi connectivity index (χ1n) is 20.7. The maximum Gasteiger partial charge on any atom is 0.319 e. The molecule has 1 aliphatic carbocycles. The number of hydrogen-bond donors (Lipinski definition) is 1. The molecule has 54 heavy (non-hydrogen) atoms. The largest absolute Gasteiger partial charge is 0.334 e. The van der Waals surface area contributed by atoms with E-state index in [1.807, 2.05) is 57.2 Å². The molecule has 0 spiro atoms. The molecule has 7 rings (SSSR count). The van der Waals surface area contributed by atoms with Crippen LogP contribution in [0, 0.1) is 0 Å². The third kappa shape index (κ3) is 8.83. The number of hydrogen-bond acceptors (Lipinski definition) is 3. The first-order chi connectivity index (χ1) is 26.5. The Balaban J connectivity index is 1.25. The van der Waals surface area contributed by atoms with Gasteiger partial charge in [0, 0.05) is 26.1 Å². The highest BCUT2D eigenvalue weighted by Gasteiger charge is 2.51.